The SMILES string of the molecule is COc1ccccc1C(=O)COC(=O)[C@H](C)Oc1ccc(C#N)cc1. The molecule has 0 amide bonds. The number of carbonyl (C=O) groups excluding carboxylic acids is 2. The molecule has 0 aliphatic carbocycles. The summed E-state index contributed by atoms with van der Waals surface area (Å²) in [5.41, 5.74) is 0.837. The highest BCUT2D eigenvalue weighted by Gasteiger charge is 2.19. The van der Waals surface area contributed by atoms with Gasteiger partial charge in [-0.25, -0.2) is 4.79 Å². The minimum atomic E-state index is -0.890. The molecule has 6 heteroatoms. The Morgan fingerprint density at radius 2 is 1.80 bits per heavy atom. The van der Waals surface area contributed by atoms with Gasteiger partial charge in [0.25, 0.3) is 0 Å². The summed E-state index contributed by atoms with van der Waals surface area (Å²) in [6, 6.07) is 15.0. The maximum absolute atomic E-state index is 12.2. The maximum atomic E-state index is 12.2. The standard InChI is InChI=1S/C19H17NO5/c1-13(25-15-9-7-14(11-20)8-10-15)19(22)24-12-17(21)16-5-3-4-6-18(16)23-2/h3-10,13H,12H2,1-2H3/t13-/m0/s1. The molecule has 0 radical (unpaired) electrons. The summed E-state index contributed by atoms with van der Waals surface area (Å²) in [5, 5.41) is 8.75. The molecule has 128 valence electrons. The Hall–Kier alpha value is -3.33. The molecule has 0 N–H and O–H groups in total. The Bertz CT molecular complexity index is 792. The van der Waals surface area contributed by atoms with Gasteiger partial charge in [0.2, 0.25) is 5.78 Å². The van der Waals surface area contributed by atoms with Gasteiger partial charge in [-0.3, -0.25) is 4.79 Å². The number of para-hydroxylation sites is 1. The normalized spacial score (nSPS) is 11.1. The van der Waals surface area contributed by atoms with E-state index in [0.29, 0.717) is 22.6 Å². The van der Waals surface area contributed by atoms with Crippen LogP contribution in [0.5, 0.6) is 11.5 Å². The Morgan fingerprint density at radius 3 is 2.44 bits per heavy atom. The molecule has 2 aromatic rings. The third kappa shape index (κ3) is 4.82. The number of ketones is 1. The minimum absolute atomic E-state index is 0.346. The Labute approximate surface area is 145 Å². The van der Waals surface area contributed by atoms with Crippen molar-refractivity contribution in [3.8, 4) is 17.6 Å². The number of ether oxygens (including phenoxy) is 3. The number of benzene rings is 2. The number of hydrogen-bond donors (Lipinski definition) is 0. The van der Waals surface area contributed by atoms with Gasteiger partial charge in [-0.1, -0.05) is 12.1 Å². The highest BCUT2D eigenvalue weighted by atomic mass is 16.6. The first kappa shape index (κ1) is 18.0. The van der Waals surface area contributed by atoms with Gasteiger partial charge in [0, 0.05) is 0 Å². The lowest BCUT2D eigenvalue weighted by Gasteiger charge is -2.14. The van der Waals surface area contributed by atoms with E-state index < -0.39 is 18.7 Å². The first-order valence-corrected chi connectivity index (χ1v) is 7.55. The summed E-state index contributed by atoms with van der Waals surface area (Å²) in [7, 11) is 1.46. The fourth-order valence-electron chi connectivity index (χ4n) is 2.07. The molecular weight excluding hydrogens is 322 g/mol. The predicted octanol–water partition coefficient (Wildman–Crippen LogP) is 2.76. The van der Waals surface area contributed by atoms with Crippen LogP contribution >= 0.6 is 0 Å². The summed E-state index contributed by atoms with van der Waals surface area (Å²) < 4.78 is 15.6. The quantitative estimate of drug-likeness (QED) is 0.569. The molecule has 0 saturated heterocycles. The fourth-order valence-corrected chi connectivity index (χ4v) is 2.07. The summed E-state index contributed by atoms with van der Waals surface area (Å²) in [6.07, 6.45) is -0.890. The zero-order valence-electron chi connectivity index (χ0n) is 13.9. The van der Waals surface area contributed by atoms with Crippen LogP contribution in [0.15, 0.2) is 48.5 Å². The van der Waals surface area contributed by atoms with Crippen LogP contribution in [0.2, 0.25) is 0 Å². The summed E-state index contributed by atoms with van der Waals surface area (Å²) in [6.45, 7) is 1.12. The molecule has 0 fully saturated rings. The Kier molecular flexibility index (Phi) is 6.13. The van der Waals surface area contributed by atoms with E-state index in [1.54, 1.807) is 48.5 Å². The zero-order valence-corrected chi connectivity index (χ0v) is 13.9. The largest absolute Gasteiger partial charge is 0.496 e. The number of rotatable bonds is 7. The van der Waals surface area contributed by atoms with Gasteiger partial charge < -0.3 is 14.2 Å². The third-order valence-corrected chi connectivity index (χ3v) is 3.38. The van der Waals surface area contributed by atoms with Crippen LogP contribution in [0.1, 0.15) is 22.8 Å². The minimum Gasteiger partial charge on any atom is -0.496 e. The lowest BCUT2D eigenvalue weighted by molar-refractivity contribution is -0.149. The first-order valence-electron chi connectivity index (χ1n) is 7.55. The second-order valence-corrected chi connectivity index (χ2v) is 5.13. The number of nitriles is 1. The fraction of sp³-hybridized carbons (Fsp3) is 0.211. The molecule has 0 unspecified atom stereocenters. The van der Waals surface area contributed by atoms with Gasteiger partial charge in [0.05, 0.1) is 24.3 Å². The molecule has 2 aromatic carbocycles. The van der Waals surface area contributed by atoms with Gasteiger partial charge in [0.15, 0.2) is 12.7 Å². The molecule has 0 spiro atoms. The van der Waals surface area contributed by atoms with E-state index in [-0.39, 0.29) is 5.78 Å². The van der Waals surface area contributed by atoms with E-state index in [2.05, 4.69) is 0 Å². The van der Waals surface area contributed by atoms with E-state index in [1.165, 1.54) is 14.0 Å². The molecule has 1 atom stereocenters. The van der Waals surface area contributed by atoms with E-state index in [0.717, 1.165) is 0 Å². The predicted molar refractivity (Wildman–Crippen MR) is 89.5 cm³/mol. The molecule has 6 nitrogen and oxygen atoms in total. The van der Waals surface area contributed by atoms with Gasteiger partial charge in [0.1, 0.15) is 11.5 Å². The molecule has 0 aromatic heterocycles. The highest BCUT2D eigenvalue weighted by Crippen LogP contribution is 2.18. The van der Waals surface area contributed by atoms with E-state index in [1.807, 2.05) is 6.07 Å². The molecule has 0 aliphatic heterocycles. The van der Waals surface area contributed by atoms with E-state index in [4.69, 9.17) is 19.5 Å². The Morgan fingerprint density at radius 1 is 1.12 bits per heavy atom. The van der Waals surface area contributed by atoms with Crippen molar-refractivity contribution in [2.45, 2.75) is 13.0 Å². The van der Waals surface area contributed by atoms with E-state index >= 15 is 0 Å². The van der Waals surface area contributed by atoms with Crippen molar-refractivity contribution in [2.24, 2.45) is 0 Å². The number of methoxy groups -OCH3 is 1. The smallest absolute Gasteiger partial charge is 0.347 e. The number of hydrogen-bond acceptors (Lipinski definition) is 6. The van der Waals surface area contributed by atoms with Crippen LogP contribution < -0.4 is 9.47 Å². The van der Waals surface area contributed by atoms with Gasteiger partial charge in [-0.15, -0.1) is 0 Å². The van der Waals surface area contributed by atoms with Crippen molar-refractivity contribution in [3.63, 3.8) is 0 Å². The molecular formula is C19H17NO5. The van der Waals surface area contributed by atoms with Crippen LogP contribution in [0, 0.1) is 11.3 Å². The first-order chi connectivity index (χ1) is 12.0. The van der Waals surface area contributed by atoms with Gasteiger partial charge in [-0.2, -0.15) is 5.26 Å². The van der Waals surface area contributed by atoms with Crippen molar-refractivity contribution in [2.75, 3.05) is 13.7 Å². The lowest BCUT2D eigenvalue weighted by atomic mass is 10.1. The lowest BCUT2D eigenvalue weighted by Crippen LogP contribution is -2.28. The molecule has 0 heterocycles. The van der Waals surface area contributed by atoms with Gasteiger partial charge in [-0.05, 0) is 43.3 Å². The number of esters is 1. The van der Waals surface area contributed by atoms with Crippen LogP contribution in [-0.2, 0) is 9.53 Å². The van der Waals surface area contributed by atoms with Crippen LogP contribution in [-0.4, -0.2) is 31.6 Å². The summed E-state index contributed by atoms with van der Waals surface area (Å²) in [5.74, 6) is -0.172. The molecule has 0 saturated carbocycles. The second kappa shape index (κ2) is 8.50. The average molecular weight is 339 g/mol. The van der Waals surface area contributed by atoms with Gasteiger partial charge >= 0.3 is 5.97 Å². The maximum Gasteiger partial charge on any atom is 0.347 e. The third-order valence-electron chi connectivity index (χ3n) is 3.38. The monoisotopic (exact) mass is 339 g/mol. The van der Waals surface area contributed by atoms with Crippen molar-refractivity contribution < 1.29 is 23.8 Å². The number of Topliss-reactive ketones (excluding diaryl/α,β-unsaturated/α-hetero) is 1. The van der Waals surface area contributed by atoms with Crippen LogP contribution in [0.25, 0.3) is 0 Å². The van der Waals surface area contributed by atoms with Crippen LogP contribution in [0.4, 0.5) is 0 Å². The van der Waals surface area contributed by atoms with Crippen molar-refractivity contribution in [1.29, 1.82) is 5.26 Å². The topological polar surface area (TPSA) is 85.6 Å². The van der Waals surface area contributed by atoms with Crippen LogP contribution in [0.3, 0.4) is 0 Å². The van der Waals surface area contributed by atoms with Crippen molar-refractivity contribution in [3.05, 3.63) is 59.7 Å². The molecule has 0 bridgehead atoms. The molecule has 2 rings (SSSR count). The summed E-state index contributed by atoms with van der Waals surface area (Å²) >= 11 is 0. The van der Waals surface area contributed by atoms with E-state index in [9.17, 15) is 9.59 Å². The number of nitrogens with zero attached hydrogens (tertiary/aromatic N) is 1. The molecule has 0 aliphatic rings. The van der Waals surface area contributed by atoms with Crippen molar-refractivity contribution in [1.82, 2.24) is 0 Å². The second-order valence-electron chi connectivity index (χ2n) is 5.13. The molecule has 25 heavy (non-hydrogen) atoms. The number of carbonyl (C=O) groups is 2. The average Bonchev–Trinajstić information content (AvgIpc) is 2.66. The zero-order chi connectivity index (χ0) is 18.2. The Balaban J connectivity index is 1.90. The summed E-state index contributed by atoms with van der Waals surface area (Å²) in [4.78, 5) is 24.1. The van der Waals surface area contributed by atoms with Crippen molar-refractivity contribution >= 4 is 11.8 Å². The highest BCUT2D eigenvalue weighted by molar-refractivity contribution is 6.00.